The predicted molar refractivity (Wildman–Crippen MR) is 81.2 cm³/mol. The molecule has 1 heterocycles. The Kier molecular flexibility index (Phi) is 4.66. The SMILES string of the molecule is CC(=N/N=C1\NC(=O)C(CC(=O)O)S1)c1ccc(O)cc1O. The fourth-order valence-electron chi connectivity index (χ4n) is 1.75. The molecule has 1 amide bonds. The molecule has 2 rings (SSSR count). The van der Waals surface area contributed by atoms with Crippen LogP contribution in [0.5, 0.6) is 11.5 Å². The van der Waals surface area contributed by atoms with E-state index < -0.39 is 17.1 Å². The lowest BCUT2D eigenvalue weighted by molar-refractivity contribution is -0.138. The fourth-order valence-corrected chi connectivity index (χ4v) is 2.65. The minimum absolute atomic E-state index is 0.0736. The first-order valence-corrected chi connectivity index (χ1v) is 7.08. The highest BCUT2D eigenvalue weighted by atomic mass is 32.2. The van der Waals surface area contributed by atoms with E-state index in [-0.39, 0.29) is 23.1 Å². The molecule has 0 radical (unpaired) electrons. The monoisotopic (exact) mass is 323 g/mol. The Morgan fingerprint density at radius 1 is 1.41 bits per heavy atom. The smallest absolute Gasteiger partial charge is 0.305 e. The van der Waals surface area contributed by atoms with Crippen LogP contribution in [0.25, 0.3) is 0 Å². The molecule has 8 nitrogen and oxygen atoms in total. The summed E-state index contributed by atoms with van der Waals surface area (Å²) < 4.78 is 0. The van der Waals surface area contributed by atoms with E-state index in [0.717, 1.165) is 11.8 Å². The van der Waals surface area contributed by atoms with Crippen molar-refractivity contribution >= 4 is 34.5 Å². The fraction of sp³-hybridized carbons (Fsp3) is 0.231. The molecule has 1 unspecified atom stereocenters. The number of carbonyl (C=O) groups is 2. The van der Waals surface area contributed by atoms with Crippen LogP contribution in [0.1, 0.15) is 18.9 Å². The number of phenolic OH excluding ortho intramolecular Hbond substituents is 2. The molecule has 1 aromatic carbocycles. The van der Waals surface area contributed by atoms with Gasteiger partial charge in [0, 0.05) is 11.6 Å². The van der Waals surface area contributed by atoms with Crippen LogP contribution in [0.2, 0.25) is 0 Å². The van der Waals surface area contributed by atoms with Crippen LogP contribution in [-0.2, 0) is 9.59 Å². The number of amidine groups is 1. The molecule has 0 bridgehead atoms. The largest absolute Gasteiger partial charge is 0.508 e. The maximum absolute atomic E-state index is 11.5. The number of nitrogens with one attached hydrogen (secondary N) is 1. The molecule has 1 aromatic rings. The van der Waals surface area contributed by atoms with E-state index in [4.69, 9.17) is 5.11 Å². The van der Waals surface area contributed by atoms with Crippen LogP contribution in [0, 0.1) is 0 Å². The van der Waals surface area contributed by atoms with Gasteiger partial charge in [-0.3, -0.25) is 9.59 Å². The third kappa shape index (κ3) is 3.76. The van der Waals surface area contributed by atoms with E-state index in [1.165, 1.54) is 18.2 Å². The van der Waals surface area contributed by atoms with E-state index in [2.05, 4.69) is 15.5 Å². The van der Waals surface area contributed by atoms with Gasteiger partial charge in [-0.15, -0.1) is 5.10 Å². The summed E-state index contributed by atoms with van der Waals surface area (Å²) in [5, 5.41) is 37.3. The molecule has 22 heavy (non-hydrogen) atoms. The Bertz CT molecular complexity index is 686. The number of amides is 1. The number of thioether (sulfide) groups is 1. The molecule has 0 spiro atoms. The van der Waals surface area contributed by atoms with Gasteiger partial charge in [-0.05, 0) is 19.1 Å². The third-order valence-electron chi connectivity index (χ3n) is 2.80. The molecule has 0 saturated carbocycles. The number of carboxylic acid groups (broad SMARTS) is 1. The lowest BCUT2D eigenvalue weighted by Crippen LogP contribution is -2.26. The van der Waals surface area contributed by atoms with Crippen molar-refractivity contribution in [1.82, 2.24) is 5.32 Å². The molecule has 1 aliphatic heterocycles. The van der Waals surface area contributed by atoms with Crippen LogP contribution < -0.4 is 5.32 Å². The molecule has 9 heteroatoms. The first-order chi connectivity index (χ1) is 10.4. The second-order valence-electron chi connectivity index (χ2n) is 4.49. The van der Waals surface area contributed by atoms with E-state index >= 15 is 0 Å². The highest BCUT2D eigenvalue weighted by Crippen LogP contribution is 2.24. The van der Waals surface area contributed by atoms with Crippen molar-refractivity contribution in [2.24, 2.45) is 10.2 Å². The zero-order valence-electron chi connectivity index (χ0n) is 11.5. The quantitative estimate of drug-likeness (QED) is 0.480. The zero-order chi connectivity index (χ0) is 16.3. The Labute approximate surface area is 129 Å². The molecule has 0 aromatic heterocycles. The first-order valence-electron chi connectivity index (χ1n) is 6.20. The second-order valence-corrected chi connectivity index (χ2v) is 5.68. The van der Waals surface area contributed by atoms with E-state index in [1.54, 1.807) is 6.92 Å². The zero-order valence-corrected chi connectivity index (χ0v) is 12.3. The third-order valence-corrected chi connectivity index (χ3v) is 3.87. The van der Waals surface area contributed by atoms with E-state index in [1.807, 2.05) is 0 Å². The van der Waals surface area contributed by atoms with Crippen molar-refractivity contribution in [3.63, 3.8) is 0 Å². The molecular weight excluding hydrogens is 310 g/mol. The topological polar surface area (TPSA) is 132 Å². The maximum Gasteiger partial charge on any atom is 0.305 e. The van der Waals surface area contributed by atoms with Crippen LogP contribution in [0.4, 0.5) is 0 Å². The molecule has 1 saturated heterocycles. The average molecular weight is 323 g/mol. The standard InChI is InChI=1S/C13H13N3O5S/c1-6(8-3-2-7(17)4-9(8)18)15-16-13-14-12(21)10(22-13)5-11(19)20/h2-4,10,17-18H,5H2,1H3,(H,19,20)(H,14,16,21). The number of hydrogen-bond donors (Lipinski definition) is 4. The van der Waals surface area contributed by atoms with E-state index in [9.17, 15) is 19.8 Å². The minimum atomic E-state index is -1.07. The van der Waals surface area contributed by atoms with Gasteiger partial charge in [0.2, 0.25) is 5.91 Å². The molecule has 1 aliphatic rings. The van der Waals surface area contributed by atoms with Gasteiger partial charge < -0.3 is 20.6 Å². The summed E-state index contributed by atoms with van der Waals surface area (Å²) in [6, 6.07) is 4.06. The number of hydrogen-bond acceptors (Lipinski definition) is 7. The summed E-state index contributed by atoms with van der Waals surface area (Å²) in [6.07, 6.45) is -0.295. The number of carbonyl (C=O) groups excluding carboxylic acids is 1. The number of carboxylic acids is 1. The molecule has 116 valence electrons. The summed E-state index contributed by atoms with van der Waals surface area (Å²) in [4.78, 5) is 22.1. The van der Waals surface area contributed by atoms with Crippen molar-refractivity contribution in [3.8, 4) is 11.5 Å². The van der Waals surface area contributed by atoms with Crippen LogP contribution in [-0.4, -0.2) is 43.3 Å². The summed E-state index contributed by atoms with van der Waals surface area (Å²) in [6.45, 7) is 1.60. The van der Waals surface area contributed by atoms with Gasteiger partial charge in [0.15, 0.2) is 5.17 Å². The number of aromatic hydroxyl groups is 2. The molecule has 1 atom stereocenters. The number of rotatable bonds is 4. The van der Waals surface area contributed by atoms with E-state index in [0.29, 0.717) is 11.3 Å². The van der Waals surface area contributed by atoms with Gasteiger partial charge >= 0.3 is 5.97 Å². The van der Waals surface area contributed by atoms with Crippen molar-refractivity contribution in [3.05, 3.63) is 23.8 Å². The van der Waals surface area contributed by atoms with Gasteiger partial charge in [0.1, 0.15) is 16.7 Å². The van der Waals surface area contributed by atoms with Crippen LogP contribution >= 0.6 is 11.8 Å². The van der Waals surface area contributed by atoms with Gasteiger partial charge in [-0.1, -0.05) is 11.8 Å². The maximum atomic E-state index is 11.5. The number of phenols is 2. The van der Waals surface area contributed by atoms with Crippen LogP contribution in [0.3, 0.4) is 0 Å². The normalized spacial score (nSPS) is 20.2. The van der Waals surface area contributed by atoms with Gasteiger partial charge in [0.25, 0.3) is 0 Å². The van der Waals surface area contributed by atoms with Crippen LogP contribution in [0.15, 0.2) is 28.4 Å². The molecule has 0 aliphatic carbocycles. The van der Waals surface area contributed by atoms with Crippen molar-refractivity contribution in [1.29, 1.82) is 0 Å². The lowest BCUT2D eigenvalue weighted by atomic mass is 10.1. The van der Waals surface area contributed by atoms with Crippen molar-refractivity contribution in [2.75, 3.05) is 0 Å². The minimum Gasteiger partial charge on any atom is -0.508 e. The number of benzene rings is 1. The Morgan fingerprint density at radius 3 is 2.77 bits per heavy atom. The molecular formula is C13H13N3O5S. The van der Waals surface area contributed by atoms with Gasteiger partial charge in [-0.25, -0.2) is 0 Å². The highest BCUT2D eigenvalue weighted by Gasteiger charge is 2.32. The van der Waals surface area contributed by atoms with Crippen molar-refractivity contribution in [2.45, 2.75) is 18.6 Å². The first kappa shape index (κ1) is 15.8. The van der Waals surface area contributed by atoms with Crippen molar-refractivity contribution < 1.29 is 24.9 Å². The highest BCUT2D eigenvalue weighted by molar-refractivity contribution is 8.15. The summed E-state index contributed by atoms with van der Waals surface area (Å²) in [5.41, 5.74) is 0.764. The Hall–Kier alpha value is -2.55. The summed E-state index contributed by atoms with van der Waals surface area (Å²) >= 11 is 0.990. The molecule has 4 N–H and O–H groups in total. The van der Waals surface area contributed by atoms with Gasteiger partial charge in [0.05, 0.1) is 12.1 Å². The second kappa shape index (κ2) is 6.48. The lowest BCUT2D eigenvalue weighted by Gasteiger charge is -2.03. The predicted octanol–water partition coefficient (Wildman–Crippen LogP) is 0.884. The Morgan fingerprint density at radius 2 is 2.14 bits per heavy atom. The number of nitrogens with zero attached hydrogens (tertiary/aromatic N) is 2. The molecule has 1 fully saturated rings. The van der Waals surface area contributed by atoms with Gasteiger partial charge in [-0.2, -0.15) is 5.10 Å². The average Bonchev–Trinajstić information content (AvgIpc) is 2.76. The summed E-state index contributed by atoms with van der Waals surface area (Å²) in [7, 11) is 0. The number of aliphatic carboxylic acids is 1. The summed E-state index contributed by atoms with van der Waals surface area (Å²) in [5.74, 6) is -1.71. The Balaban J connectivity index is 2.13.